The van der Waals surface area contributed by atoms with Gasteiger partial charge in [0.25, 0.3) is 0 Å². The van der Waals surface area contributed by atoms with E-state index in [0.717, 1.165) is 71.6 Å². The summed E-state index contributed by atoms with van der Waals surface area (Å²) in [6, 6.07) is 68.8. The maximum Gasteiger partial charge on any atom is 0.227 e. The number of oxazole rings is 1. The monoisotopic (exact) mass is 664 g/mol. The fourth-order valence-electron chi connectivity index (χ4n) is 7.65. The van der Waals surface area contributed by atoms with Gasteiger partial charge in [-0.15, -0.1) is 0 Å². The Balaban J connectivity index is 1.26. The summed E-state index contributed by atoms with van der Waals surface area (Å²) in [7, 11) is 0. The number of aromatic nitrogens is 1. The molecule has 0 spiro atoms. The van der Waals surface area contributed by atoms with Crippen molar-refractivity contribution in [3.8, 4) is 33.7 Å². The van der Waals surface area contributed by atoms with E-state index >= 15 is 0 Å². The molecule has 1 aromatic heterocycles. The van der Waals surface area contributed by atoms with Gasteiger partial charge in [0, 0.05) is 33.0 Å². The standard InChI is InChI=1S/C49H32N2O/c1-4-14-33(15-5-1)38-20-12-21-39(32-38)51(44-24-11-10-22-40(44)34-16-6-2-7-17-34)45-25-13-23-42-41(45)30-28-35-26-27-36-29-31-43-48(47(36)46(35)42)52-49(50-43)37-18-8-3-9-19-37/h1-32H. The van der Waals surface area contributed by atoms with E-state index in [1.54, 1.807) is 0 Å². The van der Waals surface area contributed by atoms with Crippen molar-refractivity contribution in [2.75, 3.05) is 4.90 Å². The molecule has 0 bridgehead atoms. The third-order valence-corrected chi connectivity index (χ3v) is 10.1. The third kappa shape index (κ3) is 5.02. The minimum absolute atomic E-state index is 0.628. The van der Waals surface area contributed by atoms with Crippen LogP contribution in [-0.4, -0.2) is 4.98 Å². The number of para-hydroxylation sites is 1. The van der Waals surface area contributed by atoms with Crippen LogP contribution in [0.3, 0.4) is 0 Å². The van der Waals surface area contributed by atoms with Crippen LogP contribution >= 0.6 is 0 Å². The van der Waals surface area contributed by atoms with Crippen molar-refractivity contribution in [1.29, 1.82) is 0 Å². The highest BCUT2D eigenvalue weighted by Crippen LogP contribution is 2.46. The molecule has 3 heteroatoms. The molecule has 244 valence electrons. The Morgan fingerprint density at radius 3 is 1.79 bits per heavy atom. The first kappa shape index (κ1) is 29.9. The lowest BCUT2D eigenvalue weighted by Crippen LogP contribution is -2.12. The fourth-order valence-corrected chi connectivity index (χ4v) is 7.65. The second-order valence-corrected chi connectivity index (χ2v) is 13.1. The summed E-state index contributed by atoms with van der Waals surface area (Å²) in [5, 5.41) is 6.82. The first-order chi connectivity index (χ1) is 25.8. The highest BCUT2D eigenvalue weighted by Gasteiger charge is 2.21. The van der Waals surface area contributed by atoms with Gasteiger partial charge >= 0.3 is 0 Å². The van der Waals surface area contributed by atoms with Crippen LogP contribution in [0.5, 0.6) is 0 Å². The van der Waals surface area contributed by atoms with Crippen molar-refractivity contribution < 1.29 is 4.42 Å². The van der Waals surface area contributed by atoms with Gasteiger partial charge in [-0.2, -0.15) is 0 Å². The number of anilines is 3. The second kappa shape index (κ2) is 12.4. The number of rotatable bonds is 6. The third-order valence-electron chi connectivity index (χ3n) is 10.1. The highest BCUT2D eigenvalue weighted by molar-refractivity contribution is 6.27. The average Bonchev–Trinajstić information content (AvgIpc) is 3.67. The molecule has 0 saturated carbocycles. The highest BCUT2D eigenvalue weighted by atomic mass is 16.3. The Morgan fingerprint density at radius 2 is 1.00 bits per heavy atom. The fraction of sp³-hybridized carbons (Fsp3) is 0. The van der Waals surface area contributed by atoms with Crippen molar-refractivity contribution in [2.45, 2.75) is 0 Å². The Hall–Kier alpha value is -6.97. The van der Waals surface area contributed by atoms with Crippen LogP contribution in [0.1, 0.15) is 0 Å². The summed E-state index contributed by atoms with van der Waals surface area (Å²) in [6.07, 6.45) is 0. The largest absolute Gasteiger partial charge is 0.435 e. The van der Waals surface area contributed by atoms with E-state index < -0.39 is 0 Å². The molecule has 0 radical (unpaired) electrons. The lowest BCUT2D eigenvalue weighted by atomic mass is 9.94. The summed E-state index contributed by atoms with van der Waals surface area (Å²) >= 11 is 0. The van der Waals surface area contributed by atoms with Gasteiger partial charge in [0.2, 0.25) is 5.89 Å². The first-order valence-corrected chi connectivity index (χ1v) is 17.6. The lowest BCUT2D eigenvalue weighted by Gasteiger charge is -2.29. The normalized spacial score (nSPS) is 11.5. The smallest absolute Gasteiger partial charge is 0.227 e. The summed E-state index contributed by atoms with van der Waals surface area (Å²) in [6.45, 7) is 0. The zero-order valence-electron chi connectivity index (χ0n) is 28.3. The molecule has 0 saturated heterocycles. The van der Waals surface area contributed by atoms with Crippen molar-refractivity contribution in [3.63, 3.8) is 0 Å². The molecule has 0 aliphatic rings. The molecule has 3 nitrogen and oxygen atoms in total. The zero-order chi connectivity index (χ0) is 34.4. The number of nitrogens with zero attached hydrogens (tertiary/aromatic N) is 2. The van der Waals surface area contributed by atoms with Crippen molar-refractivity contribution in [2.24, 2.45) is 0 Å². The zero-order valence-corrected chi connectivity index (χ0v) is 28.3. The average molecular weight is 665 g/mol. The number of fused-ring (bicyclic) bond motifs is 7. The molecule has 0 fully saturated rings. The Morgan fingerprint density at radius 1 is 0.404 bits per heavy atom. The van der Waals surface area contributed by atoms with Crippen LogP contribution in [0, 0.1) is 0 Å². The molecule has 10 rings (SSSR count). The number of hydrogen-bond donors (Lipinski definition) is 0. The van der Waals surface area contributed by atoms with Gasteiger partial charge in [-0.1, -0.05) is 152 Å². The van der Waals surface area contributed by atoms with Crippen LogP contribution in [0.4, 0.5) is 17.1 Å². The molecule has 0 aliphatic carbocycles. The summed E-state index contributed by atoms with van der Waals surface area (Å²) in [5.41, 5.74) is 10.6. The summed E-state index contributed by atoms with van der Waals surface area (Å²) in [4.78, 5) is 7.36. The Bertz CT molecular complexity index is 2900. The van der Waals surface area contributed by atoms with E-state index in [-0.39, 0.29) is 0 Å². The number of benzene rings is 9. The topological polar surface area (TPSA) is 29.3 Å². The lowest BCUT2D eigenvalue weighted by molar-refractivity contribution is 0.623. The maximum absolute atomic E-state index is 6.64. The van der Waals surface area contributed by atoms with Crippen molar-refractivity contribution in [1.82, 2.24) is 4.98 Å². The molecule has 52 heavy (non-hydrogen) atoms. The molecular weight excluding hydrogens is 633 g/mol. The van der Waals surface area contributed by atoms with Crippen LogP contribution in [-0.2, 0) is 0 Å². The maximum atomic E-state index is 6.64. The molecule has 1 heterocycles. The van der Waals surface area contributed by atoms with Gasteiger partial charge in [-0.3, -0.25) is 0 Å². The minimum atomic E-state index is 0.628. The minimum Gasteiger partial charge on any atom is -0.435 e. The van der Waals surface area contributed by atoms with Crippen LogP contribution in [0.2, 0.25) is 0 Å². The van der Waals surface area contributed by atoms with E-state index in [4.69, 9.17) is 9.40 Å². The molecule has 0 N–H and O–H groups in total. The van der Waals surface area contributed by atoms with Gasteiger partial charge in [0.1, 0.15) is 5.52 Å². The predicted octanol–water partition coefficient (Wildman–Crippen LogP) is 13.8. The van der Waals surface area contributed by atoms with Gasteiger partial charge in [0.15, 0.2) is 5.58 Å². The van der Waals surface area contributed by atoms with E-state index in [9.17, 15) is 0 Å². The first-order valence-electron chi connectivity index (χ1n) is 17.6. The molecule has 9 aromatic carbocycles. The van der Waals surface area contributed by atoms with Crippen LogP contribution < -0.4 is 4.90 Å². The quantitative estimate of drug-likeness (QED) is 0.166. The Labute approximate surface area is 301 Å². The molecular formula is C49H32N2O. The van der Waals surface area contributed by atoms with Crippen molar-refractivity contribution in [3.05, 3.63) is 194 Å². The molecule has 0 atom stereocenters. The predicted molar refractivity (Wildman–Crippen MR) is 218 cm³/mol. The van der Waals surface area contributed by atoms with E-state index in [1.165, 1.54) is 16.7 Å². The second-order valence-electron chi connectivity index (χ2n) is 13.1. The van der Waals surface area contributed by atoms with Crippen LogP contribution in [0.25, 0.3) is 77.1 Å². The van der Waals surface area contributed by atoms with E-state index in [0.29, 0.717) is 5.89 Å². The van der Waals surface area contributed by atoms with Crippen LogP contribution in [0.15, 0.2) is 199 Å². The van der Waals surface area contributed by atoms with Gasteiger partial charge in [-0.05, 0) is 75.3 Å². The van der Waals surface area contributed by atoms with E-state index in [1.807, 2.05) is 30.3 Å². The van der Waals surface area contributed by atoms with Gasteiger partial charge in [-0.25, -0.2) is 4.98 Å². The molecule has 0 aliphatic heterocycles. The van der Waals surface area contributed by atoms with Gasteiger partial charge in [0.05, 0.1) is 11.4 Å². The summed E-state index contributed by atoms with van der Waals surface area (Å²) < 4.78 is 6.64. The Kier molecular flexibility index (Phi) is 7.14. The SMILES string of the molecule is c1ccc(-c2cccc(N(c3ccccc3-c3ccccc3)c3cccc4c3ccc3ccc5ccc6nc(-c7ccccc7)oc6c5c34)c2)cc1. The molecule has 0 amide bonds. The molecule has 10 aromatic rings. The van der Waals surface area contributed by atoms with Crippen molar-refractivity contribution >= 4 is 60.5 Å². The van der Waals surface area contributed by atoms with Gasteiger partial charge < -0.3 is 9.32 Å². The number of hydrogen-bond acceptors (Lipinski definition) is 3. The van der Waals surface area contributed by atoms with E-state index in [2.05, 4.69) is 169 Å². The summed E-state index contributed by atoms with van der Waals surface area (Å²) in [5.74, 6) is 0.628. The molecule has 0 unspecified atom stereocenters.